The summed E-state index contributed by atoms with van der Waals surface area (Å²) in [6.45, 7) is 0.0639. The van der Waals surface area contributed by atoms with E-state index < -0.39 is 74.7 Å². The Hall–Kier alpha value is -4.77. The number of nitrogens with one attached hydrogen (secondary N) is 2. The number of benzene rings is 3. The molecule has 0 radical (unpaired) electrons. The van der Waals surface area contributed by atoms with Crippen molar-refractivity contribution in [1.29, 1.82) is 0 Å². The molecule has 0 bridgehead atoms. The molecule has 0 aliphatic carbocycles. The molecule has 0 aliphatic rings. The summed E-state index contributed by atoms with van der Waals surface area (Å²) in [7, 11) is 0. The fourth-order valence-electron chi connectivity index (χ4n) is 4.12. The molecule has 0 saturated carbocycles. The number of aromatic nitrogens is 1. The smallest absolute Gasteiger partial charge is 0.325 e. The van der Waals surface area contributed by atoms with Crippen molar-refractivity contribution in [1.82, 2.24) is 10.3 Å². The van der Waals surface area contributed by atoms with Crippen LogP contribution in [0.1, 0.15) is 33.1 Å². The van der Waals surface area contributed by atoms with E-state index in [2.05, 4.69) is 10.3 Å². The molecule has 0 amide bonds. The van der Waals surface area contributed by atoms with Crippen molar-refractivity contribution in [2.45, 2.75) is 12.5 Å². The van der Waals surface area contributed by atoms with Crippen molar-refractivity contribution in [3.05, 3.63) is 123 Å². The normalized spacial score (nSPS) is 11.8. The van der Waals surface area contributed by atoms with Crippen molar-refractivity contribution >= 4 is 17.6 Å². The summed E-state index contributed by atoms with van der Waals surface area (Å²) in [5.41, 5.74) is 3.10. The van der Waals surface area contributed by atoms with E-state index in [-0.39, 0.29) is 18.5 Å². The van der Waals surface area contributed by atoms with Gasteiger partial charge in [0.1, 0.15) is 35.1 Å². The van der Waals surface area contributed by atoms with E-state index in [0.717, 1.165) is 30.3 Å². The Bertz CT molecular complexity index is 1600. The zero-order valence-electron chi connectivity index (χ0n) is 20.1. The fraction of sp³-hybridized carbons (Fsp3) is 0.107. The maximum absolute atomic E-state index is 15.1. The van der Waals surface area contributed by atoms with E-state index in [1.807, 2.05) is 0 Å². The van der Waals surface area contributed by atoms with Crippen LogP contribution < -0.4 is 16.6 Å². The minimum atomic E-state index is -1.18. The van der Waals surface area contributed by atoms with Gasteiger partial charge >= 0.3 is 5.97 Å². The van der Waals surface area contributed by atoms with Crippen LogP contribution in [0.5, 0.6) is 0 Å². The average molecular weight is 539 g/mol. The first-order valence-electron chi connectivity index (χ1n) is 11.6. The molecule has 39 heavy (non-hydrogen) atoms. The third kappa shape index (κ3) is 5.88. The quantitative estimate of drug-likeness (QED) is 0.185. The molecule has 1 aromatic heterocycles. The molecule has 0 aliphatic heterocycles. The zero-order valence-corrected chi connectivity index (χ0v) is 20.1. The highest BCUT2D eigenvalue weighted by molar-refractivity contribution is 6.12. The lowest BCUT2D eigenvalue weighted by Crippen LogP contribution is -2.30. The monoisotopic (exact) mass is 539 g/mol. The van der Waals surface area contributed by atoms with E-state index in [1.165, 1.54) is 0 Å². The van der Waals surface area contributed by atoms with Crippen LogP contribution in [0, 0.1) is 23.3 Å². The van der Waals surface area contributed by atoms with Crippen molar-refractivity contribution in [2.24, 2.45) is 0 Å². The minimum Gasteiger partial charge on any atom is -0.480 e. The second-order valence-electron chi connectivity index (χ2n) is 8.61. The van der Waals surface area contributed by atoms with E-state index >= 15 is 8.78 Å². The number of anilines is 1. The van der Waals surface area contributed by atoms with Gasteiger partial charge in [0, 0.05) is 12.6 Å². The van der Waals surface area contributed by atoms with Gasteiger partial charge in [0.15, 0.2) is 5.78 Å². The Morgan fingerprint density at radius 1 is 0.897 bits per heavy atom. The zero-order chi connectivity index (χ0) is 28.3. The lowest BCUT2D eigenvalue weighted by atomic mass is 9.97. The molecule has 0 saturated heterocycles. The Kier molecular flexibility index (Phi) is 7.91. The highest BCUT2D eigenvalue weighted by Gasteiger charge is 2.23. The number of carbonyl (C=O) groups is 2. The molecule has 7 nitrogen and oxygen atoms in total. The number of aliphatic carboxylic acids is 1. The van der Waals surface area contributed by atoms with Crippen LogP contribution in [-0.4, -0.2) is 28.4 Å². The maximum Gasteiger partial charge on any atom is 0.325 e. The van der Waals surface area contributed by atoms with Crippen LogP contribution in [-0.2, 0) is 11.2 Å². The number of carboxylic acid groups (broad SMARTS) is 1. The Labute approximate surface area is 218 Å². The number of carboxylic acids is 1. The third-order valence-electron chi connectivity index (χ3n) is 6.01. The lowest BCUT2D eigenvalue weighted by molar-refractivity contribution is -0.139. The standard InChI is InChI=1S/C28H21F4N3O4/c29-16-6-7-17(20(30)12-16)25(36)19-13-18(27(37)35-26(19)33)23-21(31)10-14(11-22(23)32)8-9-34-24(28(38)39)15-4-2-1-3-5-15/h1-7,10-13,24,34H,8-9H2,(H,38,39)(H3,33,35,37)/t24-/m1/s1. The van der Waals surface area contributed by atoms with Crippen LogP contribution in [0.4, 0.5) is 23.4 Å². The van der Waals surface area contributed by atoms with E-state index in [4.69, 9.17) is 5.73 Å². The van der Waals surface area contributed by atoms with E-state index in [0.29, 0.717) is 11.6 Å². The molecule has 200 valence electrons. The number of halogens is 4. The molecule has 3 aromatic carbocycles. The van der Waals surface area contributed by atoms with Gasteiger partial charge in [-0.2, -0.15) is 0 Å². The highest BCUT2D eigenvalue weighted by atomic mass is 19.1. The van der Waals surface area contributed by atoms with Gasteiger partial charge in [-0.3, -0.25) is 14.4 Å². The topological polar surface area (TPSA) is 125 Å². The molecule has 4 rings (SSSR count). The van der Waals surface area contributed by atoms with Gasteiger partial charge in [0.05, 0.1) is 22.3 Å². The van der Waals surface area contributed by atoms with Gasteiger partial charge in [-0.1, -0.05) is 30.3 Å². The highest BCUT2D eigenvalue weighted by Crippen LogP contribution is 2.28. The van der Waals surface area contributed by atoms with Crippen molar-refractivity contribution in [2.75, 3.05) is 12.3 Å². The van der Waals surface area contributed by atoms with E-state index in [1.54, 1.807) is 30.3 Å². The number of aromatic amines is 1. The Morgan fingerprint density at radius 2 is 1.56 bits per heavy atom. The SMILES string of the molecule is Nc1[nH]c(=O)c(-c2c(F)cc(CCN[C@@H](C(=O)O)c3ccccc3)cc2F)cc1C(=O)c1ccc(F)cc1F. The molecule has 11 heteroatoms. The first-order valence-corrected chi connectivity index (χ1v) is 11.6. The molecule has 1 atom stereocenters. The number of H-pyrrole nitrogens is 1. The minimum absolute atomic E-state index is 0.0520. The summed E-state index contributed by atoms with van der Waals surface area (Å²) in [5, 5.41) is 12.3. The van der Waals surface area contributed by atoms with Gasteiger partial charge in [-0.25, -0.2) is 17.6 Å². The molecule has 4 aromatic rings. The first kappa shape index (κ1) is 27.3. The van der Waals surface area contributed by atoms with Gasteiger partial charge in [-0.15, -0.1) is 0 Å². The maximum atomic E-state index is 15.1. The number of pyridine rings is 1. The largest absolute Gasteiger partial charge is 0.480 e. The number of nitrogen functional groups attached to an aromatic ring is 1. The predicted octanol–water partition coefficient (Wildman–Crippen LogP) is 4.37. The second-order valence-corrected chi connectivity index (χ2v) is 8.61. The summed E-state index contributed by atoms with van der Waals surface area (Å²) in [4.78, 5) is 39.1. The number of carbonyl (C=O) groups excluding carboxylic acids is 1. The summed E-state index contributed by atoms with van der Waals surface area (Å²) >= 11 is 0. The third-order valence-corrected chi connectivity index (χ3v) is 6.01. The molecular weight excluding hydrogens is 518 g/mol. The predicted molar refractivity (Wildman–Crippen MR) is 135 cm³/mol. The molecular formula is C28H21F4N3O4. The summed E-state index contributed by atoms with van der Waals surface area (Å²) in [5.74, 6) is -6.96. The molecule has 0 unspecified atom stereocenters. The average Bonchev–Trinajstić information content (AvgIpc) is 2.87. The van der Waals surface area contributed by atoms with Crippen LogP contribution in [0.15, 0.2) is 71.5 Å². The first-order chi connectivity index (χ1) is 18.6. The Morgan fingerprint density at radius 3 is 2.18 bits per heavy atom. The van der Waals surface area contributed by atoms with Crippen LogP contribution in [0.3, 0.4) is 0 Å². The summed E-state index contributed by atoms with van der Waals surface area (Å²) in [6, 6.07) is 12.4. The Balaban J connectivity index is 1.60. The number of ketones is 1. The van der Waals surface area contributed by atoms with Gasteiger partial charge < -0.3 is 21.1 Å². The molecule has 0 fully saturated rings. The lowest BCUT2D eigenvalue weighted by Gasteiger charge is -2.15. The summed E-state index contributed by atoms with van der Waals surface area (Å²) in [6.07, 6.45) is 0.0520. The summed E-state index contributed by atoms with van der Waals surface area (Å²) < 4.78 is 57.6. The van der Waals surface area contributed by atoms with Gasteiger partial charge in [0.25, 0.3) is 5.56 Å². The van der Waals surface area contributed by atoms with E-state index in [9.17, 15) is 28.3 Å². The van der Waals surface area contributed by atoms with Crippen LogP contribution in [0.25, 0.3) is 11.1 Å². The van der Waals surface area contributed by atoms with Crippen molar-refractivity contribution in [3.63, 3.8) is 0 Å². The van der Waals surface area contributed by atoms with Gasteiger partial charge in [-0.05, 0) is 47.9 Å². The van der Waals surface area contributed by atoms with Crippen molar-refractivity contribution < 1.29 is 32.3 Å². The molecule has 5 N–H and O–H groups in total. The number of hydrogen-bond acceptors (Lipinski definition) is 5. The van der Waals surface area contributed by atoms with Gasteiger partial charge in [0.2, 0.25) is 0 Å². The van der Waals surface area contributed by atoms with Crippen molar-refractivity contribution in [3.8, 4) is 11.1 Å². The second kappa shape index (κ2) is 11.3. The number of rotatable bonds is 9. The molecule has 0 spiro atoms. The van der Waals surface area contributed by atoms with Crippen LogP contribution in [0.2, 0.25) is 0 Å². The number of nitrogens with two attached hydrogens (primary N) is 1. The molecule has 1 heterocycles. The van der Waals surface area contributed by atoms with Crippen LogP contribution >= 0.6 is 0 Å². The fourth-order valence-corrected chi connectivity index (χ4v) is 4.12. The number of hydrogen-bond donors (Lipinski definition) is 4.